The van der Waals surface area contributed by atoms with Crippen molar-refractivity contribution in [1.82, 2.24) is 5.32 Å². The van der Waals surface area contributed by atoms with Crippen LogP contribution >= 0.6 is 0 Å². The van der Waals surface area contributed by atoms with Crippen LogP contribution < -0.4 is 15.4 Å². The number of rotatable bonds is 7. The van der Waals surface area contributed by atoms with Crippen molar-refractivity contribution in [3.05, 3.63) is 48.4 Å². The maximum atomic E-state index is 11.8. The van der Waals surface area contributed by atoms with Crippen LogP contribution in [0.4, 0.5) is 5.69 Å². The zero-order valence-corrected chi connectivity index (χ0v) is 12.3. The first-order valence-electron chi connectivity index (χ1n) is 6.99. The minimum absolute atomic E-state index is 0.242. The second-order valence-electron chi connectivity index (χ2n) is 4.54. The van der Waals surface area contributed by atoms with Crippen molar-refractivity contribution >= 4 is 17.5 Å². The lowest BCUT2D eigenvalue weighted by molar-refractivity contribution is -0.127. The van der Waals surface area contributed by atoms with Gasteiger partial charge in [-0.3, -0.25) is 9.59 Å². The Balaban J connectivity index is 1.75. The lowest BCUT2D eigenvalue weighted by Gasteiger charge is -2.07. The van der Waals surface area contributed by atoms with Gasteiger partial charge >= 0.3 is 0 Å². The van der Waals surface area contributed by atoms with Crippen molar-refractivity contribution in [2.45, 2.75) is 19.9 Å². The third-order valence-corrected chi connectivity index (χ3v) is 2.81. The van der Waals surface area contributed by atoms with Crippen molar-refractivity contribution in [1.29, 1.82) is 0 Å². The highest BCUT2D eigenvalue weighted by atomic mass is 16.5. The van der Waals surface area contributed by atoms with Gasteiger partial charge < -0.3 is 19.8 Å². The van der Waals surface area contributed by atoms with Crippen LogP contribution in [-0.2, 0) is 16.1 Å². The molecule has 0 atom stereocenters. The zero-order valence-electron chi connectivity index (χ0n) is 12.3. The molecule has 6 nitrogen and oxygen atoms in total. The Morgan fingerprint density at radius 2 is 1.91 bits per heavy atom. The molecular formula is C16H18N2O4. The van der Waals surface area contributed by atoms with E-state index < -0.39 is 0 Å². The molecule has 0 aliphatic heterocycles. The molecule has 0 saturated heterocycles. The molecule has 1 aromatic heterocycles. The second-order valence-corrected chi connectivity index (χ2v) is 4.54. The largest absolute Gasteiger partial charge is 0.494 e. The number of furan rings is 1. The third-order valence-electron chi connectivity index (χ3n) is 2.81. The summed E-state index contributed by atoms with van der Waals surface area (Å²) in [6.45, 7) is 2.75. The number of amides is 2. The first-order chi connectivity index (χ1) is 10.7. The number of carbonyl (C=O) groups excluding carboxylic acids is 2. The van der Waals surface area contributed by atoms with Crippen LogP contribution in [-0.4, -0.2) is 18.4 Å². The molecule has 1 aromatic carbocycles. The van der Waals surface area contributed by atoms with Gasteiger partial charge in [0.25, 0.3) is 0 Å². The highest BCUT2D eigenvalue weighted by Crippen LogP contribution is 2.15. The molecule has 0 aliphatic rings. The fraction of sp³-hybridized carbons (Fsp3) is 0.250. The summed E-state index contributed by atoms with van der Waals surface area (Å²) < 4.78 is 10.4. The van der Waals surface area contributed by atoms with Crippen LogP contribution in [0.3, 0.4) is 0 Å². The van der Waals surface area contributed by atoms with E-state index in [1.165, 1.54) is 6.26 Å². The van der Waals surface area contributed by atoms with Gasteiger partial charge in [0.05, 0.1) is 19.4 Å². The maximum absolute atomic E-state index is 11.8. The van der Waals surface area contributed by atoms with Gasteiger partial charge in [-0.1, -0.05) is 0 Å². The summed E-state index contributed by atoms with van der Waals surface area (Å²) in [6.07, 6.45) is 1.29. The summed E-state index contributed by atoms with van der Waals surface area (Å²) in [5.41, 5.74) is 0.618. The molecular weight excluding hydrogens is 284 g/mol. The van der Waals surface area contributed by atoms with Crippen molar-refractivity contribution in [2.24, 2.45) is 0 Å². The number of hydrogen-bond acceptors (Lipinski definition) is 4. The Labute approximate surface area is 128 Å². The van der Waals surface area contributed by atoms with Gasteiger partial charge in [-0.2, -0.15) is 0 Å². The van der Waals surface area contributed by atoms with E-state index in [0.29, 0.717) is 18.1 Å². The highest BCUT2D eigenvalue weighted by Gasteiger charge is 2.10. The average molecular weight is 302 g/mol. The van der Waals surface area contributed by atoms with E-state index in [0.717, 1.165) is 5.75 Å². The van der Waals surface area contributed by atoms with Gasteiger partial charge in [-0.15, -0.1) is 0 Å². The fourth-order valence-electron chi connectivity index (χ4n) is 1.81. The van der Waals surface area contributed by atoms with Gasteiger partial charge in [-0.25, -0.2) is 0 Å². The van der Waals surface area contributed by atoms with Crippen molar-refractivity contribution in [3.63, 3.8) is 0 Å². The number of carbonyl (C=O) groups is 2. The summed E-state index contributed by atoms with van der Waals surface area (Å²) in [7, 11) is 0. The molecule has 22 heavy (non-hydrogen) atoms. The Kier molecular flexibility index (Phi) is 5.59. The molecule has 0 saturated carbocycles. The predicted molar refractivity (Wildman–Crippen MR) is 81.4 cm³/mol. The monoisotopic (exact) mass is 302 g/mol. The number of benzene rings is 1. The van der Waals surface area contributed by atoms with Crippen molar-refractivity contribution < 1.29 is 18.7 Å². The molecule has 0 spiro atoms. The predicted octanol–water partition coefficient (Wildman–Crippen LogP) is 2.32. The van der Waals surface area contributed by atoms with E-state index in [9.17, 15) is 9.59 Å². The van der Waals surface area contributed by atoms with Crippen LogP contribution in [0, 0.1) is 0 Å². The smallest absolute Gasteiger partial charge is 0.233 e. The highest BCUT2D eigenvalue weighted by molar-refractivity contribution is 6.03. The van der Waals surface area contributed by atoms with Gasteiger partial charge in [0.15, 0.2) is 0 Å². The first kappa shape index (κ1) is 15.6. The summed E-state index contributed by atoms with van der Waals surface area (Å²) in [4.78, 5) is 23.4. The molecule has 0 unspecified atom stereocenters. The Morgan fingerprint density at radius 3 is 2.55 bits per heavy atom. The summed E-state index contributed by atoms with van der Waals surface area (Å²) >= 11 is 0. The number of nitrogens with one attached hydrogen (secondary N) is 2. The quantitative estimate of drug-likeness (QED) is 0.769. The Hall–Kier alpha value is -2.76. The molecule has 2 amide bonds. The van der Waals surface area contributed by atoms with Gasteiger partial charge in [-0.05, 0) is 43.3 Å². The minimum atomic E-state index is -0.374. The molecule has 1 heterocycles. The van der Waals surface area contributed by atoms with Crippen LogP contribution in [0.5, 0.6) is 5.75 Å². The van der Waals surface area contributed by atoms with E-state index in [-0.39, 0.29) is 24.8 Å². The van der Waals surface area contributed by atoms with Gasteiger partial charge in [0.2, 0.25) is 11.8 Å². The summed E-state index contributed by atoms with van der Waals surface area (Å²) in [5.74, 6) is 0.637. The molecule has 0 radical (unpaired) electrons. The van der Waals surface area contributed by atoms with E-state index in [4.69, 9.17) is 9.15 Å². The normalized spacial score (nSPS) is 10.0. The minimum Gasteiger partial charge on any atom is -0.494 e. The van der Waals surface area contributed by atoms with Crippen molar-refractivity contribution in [2.75, 3.05) is 11.9 Å². The van der Waals surface area contributed by atoms with Crippen LogP contribution in [0.25, 0.3) is 0 Å². The number of ether oxygens (including phenoxy) is 1. The van der Waals surface area contributed by atoms with E-state index >= 15 is 0 Å². The molecule has 2 rings (SSSR count). The topological polar surface area (TPSA) is 80.6 Å². The maximum Gasteiger partial charge on any atom is 0.233 e. The molecule has 0 aliphatic carbocycles. The second kappa shape index (κ2) is 7.87. The van der Waals surface area contributed by atoms with E-state index in [2.05, 4.69) is 10.6 Å². The molecule has 6 heteroatoms. The van der Waals surface area contributed by atoms with Crippen LogP contribution in [0.15, 0.2) is 47.1 Å². The summed E-state index contributed by atoms with van der Waals surface area (Å²) in [6, 6.07) is 10.5. The Bertz CT molecular complexity index is 606. The molecule has 2 N–H and O–H groups in total. The molecule has 2 aromatic rings. The average Bonchev–Trinajstić information content (AvgIpc) is 3.01. The lowest BCUT2D eigenvalue weighted by atomic mass is 10.3. The van der Waals surface area contributed by atoms with Crippen LogP contribution in [0.2, 0.25) is 0 Å². The molecule has 116 valence electrons. The number of hydrogen-bond donors (Lipinski definition) is 2. The van der Waals surface area contributed by atoms with Gasteiger partial charge in [0, 0.05) is 5.69 Å². The van der Waals surface area contributed by atoms with Crippen molar-refractivity contribution in [3.8, 4) is 5.75 Å². The first-order valence-corrected chi connectivity index (χ1v) is 6.99. The zero-order chi connectivity index (χ0) is 15.8. The third kappa shape index (κ3) is 4.97. The van der Waals surface area contributed by atoms with Gasteiger partial charge in [0.1, 0.15) is 17.9 Å². The molecule has 0 bridgehead atoms. The fourth-order valence-corrected chi connectivity index (χ4v) is 1.81. The SMILES string of the molecule is CCOc1ccc(NC(=O)CC(=O)NCc2ccco2)cc1. The summed E-state index contributed by atoms with van der Waals surface area (Å²) in [5, 5.41) is 5.27. The van der Waals surface area contributed by atoms with E-state index in [1.54, 1.807) is 36.4 Å². The molecule has 0 fully saturated rings. The van der Waals surface area contributed by atoms with Crippen LogP contribution in [0.1, 0.15) is 19.1 Å². The lowest BCUT2D eigenvalue weighted by Crippen LogP contribution is -2.27. The van der Waals surface area contributed by atoms with E-state index in [1.807, 2.05) is 6.92 Å². The Morgan fingerprint density at radius 1 is 1.14 bits per heavy atom. The standard InChI is InChI=1S/C16H18N2O4/c1-2-21-13-7-5-12(6-8-13)18-16(20)10-15(19)17-11-14-4-3-9-22-14/h3-9H,2,10-11H2,1H3,(H,17,19)(H,18,20). The number of anilines is 1.